The summed E-state index contributed by atoms with van der Waals surface area (Å²) in [5.74, 6) is -0.266. The van der Waals surface area contributed by atoms with E-state index in [-0.39, 0.29) is 11.9 Å². The first-order valence-corrected chi connectivity index (χ1v) is 7.39. The maximum Gasteiger partial charge on any atom is 0.184 e. The fourth-order valence-electron chi connectivity index (χ4n) is 2.01. The minimum Gasteiger partial charge on any atom is -0.355 e. The summed E-state index contributed by atoms with van der Waals surface area (Å²) in [6.07, 6.45) is 0. The number of nitrogens with zero attached hydrogens (tertiary/aromatic N) is 1. The predicted molar refractivity (Wildman–Crippen MR) is 83.1 cm³/mol. The molecule has 0 bridgehead atoms. The molecule has 1 heterocycles. The fourth-order valence-corrected chi connectivity index (χ4v) is 3.14. The van der Waals surface area contributed by atoms with Gasteiger partial charge in [0.2, 0.25) is 0 Å². The molecule has 0 aliphatic carbocycles. The third-order valence-corrected chi connectivity index (χ3v) is 4.24. The van der Waals surface area contributed by atoms with Gasteiger partial charge in [0.15, 0.2) is 5.13 Å². The first kappa shape index (κ1) is 13.3. The minimum absolute atomic E-state index is 0.0825. The van der Waals surface area contributed by atoms with Gasteiger partial charge in [-0.1, -0.05) is 35.1 Å². The van der Waals surface area contributed by atoms with Crippen LogP contribution in [0, 0.1) is 5.82 Å². The molecule has 102 valence electrons. The third-order valence-electron chi connectivity index (χ3n) is 3.04. The van der Waals surface area contributed by atoms with Crippen LogP contribution in [0.2, 0.25) is 5.02 Å². The zero-order valence-electron chi connectivity index (χ0n) is 10.7. The summed E-state index contributed by atoms with van der Waals surface area (Å²) in [6, 6.07) is 12.4. The summed E-state index contributed by atoms with van der Waals surface area (Å²) >= 11 is 7.50. The number of anilines is 1. The summed E-state index contributed by atoms with van der Waals surface area (Å²) in [4.78, 5) is 4.40. The van der Waals surface area contributed by atoms with Crippen molar-refractivity contribution in [2.24, 2.45) is 0 Å². The van der Waals surface area contributed by atoms with E-state index in [1.807, 2.05) is 31.2 Å². The molecule has 0 saturated heterocycles. The van der Waals surface area contributed by atoms with Crippen molar-refractivity contribution in [2.75, 3.05) is 5.32 Å². The van der Waals surface area contributed by atoms with Crippen molar-refractivity contribution < 1.29 is 4.39 Å². The molecule has 3 aromatic rings. The monoisotopic (exact) mass is 306 g/mol. The molecule has 1 unspecified atom stereocenters. The van der Waals surface area contributed by atoms with Gasteiger partial charge in [0.1, 0.15) is 5.82 Å². The first-order valence-electron chi connectivity index (χ1n) is 6.20. The number of rotatable bonds is 3. The summed E-state index contributed by atoms with van der Waals surface area (Å²) in [5.41, 5.74) is 1.76. The second kappa shape index (κ2) is 5.38. The Morgan fingerprint density at radius 3 is 2.90 bits per heavy atom. The maximum atomic E-state index is 13.1. The molecule has 1 N–H and O–H groups in total. The second-order valence-corrected chi connectivity index (χ2v) is 6.02. The van der Waals surface area contributed by atoms with Gasteiger partial charge in [-0.2, -0.15) is 0 Å². The predicted octanol–water partition coefficient (Wildman–Crippen LogP) is 5.26. The topological polar surface area (TPSA) is 24.9 Å². The Balaban J connectivity index is 1.85. The lowest BCUT2D eigenvalue weighted by atomic mass is 10.1. The molecule has 0 fully saturated rings. The number of halogens is 2. The molecule has 0 amide bonds. The minimum atomic E-state index is -0.266. The van der Waals surface area contributed by atoms with Crippen LogP contribution >= 0.6 is 22.9 Å². The number of thiazole rings is 1. The third kappa shape index (κ3) is 2.76. The van der Waals surface area contributed by atoms with E-state index in [0.29, 0.717) is 10.5 Å². The van der Waals surface area contributed by atoms with Crippen LogP contribution in [0.1, 0.15) is 18.5 Å². The number of benzene rings is 2. The fraction of sp³-hybridized carbons (Fsp3) is 0.133. The van der Waals surface area contributed by atoms with Crippen molar-refractivity contribution in [1.82, 2.24) is 4.98 Å². The van der Waals surface area contributed by atoms with Gasteiger partial charge >= 0.3 is 0 Å². The van der Waals surface area contributed by atoms with Crippen LogP contribution in [0.3, 0.4) is 0 Å². The smallest absolute Gasteiger partial charge is 0.184 e. The molecule has 5 heteroatoms. The Morgan fingerprint density at radius 1 is 1.25 bits per heavy atom. The Kier molecular flexibility index (Phi) is 3.59. The lowest BCUT2D eigenvalue weighted by molar-refractivity contribution is 0.629. The summed E-state index contributed by atoms with van der Waals surface area (Å²) < 4.78 is 14.1. The number of nitrogens with one attached hydrogen (secondary N) is 1. The number of hydrogen-bond acceptors (Lipinski definition) is 3. The van der Waals surface area contributed by atoms with Crippen molar-refractivity contribution >= 4 is 38.3 Å². The lowest BCUT2D eigenvalue weighted by Gasteiger charge is -2.13. The van der Waals surface area contributed by atoms with E-state index in [4.69, 9.17) is 11.6 Å². The molecular weight excluding hydrogens is 295 g/mol. The Morgan fingerprint density at radius 2 is 2.10 bits per heavy atom. The van der Waals surface area contributed by atoms with Crippen molar-refractivity contribution in [3.8, 4) is 0 Å². The number of fused-ring (bicyclic) bond motifs is 1. The molecule has 0 aliphatic heterocycles. The molecule has 2 nitrogen and oxygen atoms in total. The van der Waals surface area contributed by atoms with Gasteiger partial charge < -0.3 is 5.32 Å². The average Bonchev–Trinajstić information content (AvgIpc) is 2.80. The Bertz CT molecular complexity index is 756. The molecule has 0 radical (unpaired) electrons. The van der Waals surface area contributed by atoms with E-state index >= 15 is 0 Å². The lowest BCUT2D eigenvalue weighted by Crippen LogP contribution is -2.05. The molecule has 20 heavy (non-hydrogen) atoms. The van der Waals surface area contributed by atoms with Gasteiger partial charge in [-0.25, -0.2) is 9.37 Å². The molecular formula is C15H12ClFN2S. The normalized spacial score (nSPS) is 12.6. The van der Waals surface area contributed by atoms with Crippen molar-refractivity contribution in [1.29, 1.82) is 0 Å². The molecule has 0 saturated carbocycles. The summed E-state index contributed by atoms with van der Waals surface area (Å²) in [7, 11) is 0. The molecule has 1 aromatic heterocycles. The van der Waals surface area contributed by atoms with Gasteiger partial charge in [0.05, 0.1) is 16.3 Å². The van der Waals surface area contributed by atoms with E-state index < -0.39 is 0 Å². The van der Waals surface area contributed by atoms with Crippen LogP contribution in [-0.4, -0.2) is 4.98 Å². The van der Waals surface area contributed by atoms with Crippen molar-refractivity contribution in [2.45, 2.75) is 13.0 Å². The Labute approximate surface area is 125 Å². The molecule has 1 atom stereocenters. The summed E-state index contributed by atoms with van der Waals surface area (Å²) in [6.45, 7) is 2.04. The number of hydrogen-bond donors (Lipinski definition) is 1. The summed E-state index contributed by atoms with van der Waals surface area (Å²) in [5, 5.41) is 4.81. The highest BCUT2D eigenvalue weighted by atomic mass is 35.5. The highest BCUT2D eigenvalue weighted by molar-refractivity contribution is 7.22. The van der Waals surface area contributed by atoms with Gasteiger partial charge in [0, 0.05) is 11.1 Å². The van der Waals surface area contributed by atoms with Crippen LogP contribution in [0.4, 0.5) is 9.52 Å². The van der Waals surface area contributed by atoms with E-state index in [1.165, 1.54) is 23.5 Å². The average molecular weight is 307 g/mol. The first-order chi connectivity index (χ1) is 9.61. The zero-order chi connectivity index (χ0) is 14.1. The molecule has 0 spiro atoms. The van der Waals surface area contributed by atoms with Gasteiger partial charge in [-0.05, 0) is 36.8 Å². The van der Waals surface area contributed by atoms with Gasteiger partial charge in [-0.15, -0.1) is 0 Å². The van der Waals surface area contributed by atoms with E-state index in [1.54, 1.807) is 6.07 Å². The van der Waals surface area contributed by atoms with Crippen molar-refractivity contribution in [3.05, 3.63) is 58.9 Å². The van der Waals surface area contributed by atoms with E-state index in [2.05, 4.69) is 10.3 Å². The highest BCUT2D eigenvalue weighted by Crippen LogP contribution is 2.29. The standard InChI is InChI=1S/C15H12ClFN2S/c1-9(10-3-2-4-11(16)7-10)18-15-19-13-8-12(17)5-6-14(13)20-15/h2-9H,1H3,(H,18,19). The van der Waals surface area contributed by atoms with Crippen LogP contribution in [-0.2, 0) is 0 Å². The largest absolute Gasteiger partial charge is 0.355 e. The second-order valence-electron chi connectivity index (χ2n) is 4.55. The van der Waals surface area contributed by atoms with E-state index in [9.17, 15) is 4.39 Å². The van der Waals surface area contributed by atoms with Gasteiger partial charge in [0.25, 0.3) is 0 Å². The molecule has 0 aliphatic rings. The Hall–Kier alpha value is -1.65. The van der Waals surface area contributed by atoms with Crippen molar-refractivity contribution in [3.63, 3.8) is 0 Å². The van der Waals surface area contributed by atoms with Crippen LogP contribution in [0.25, 0.3) is 10.2 Å². The quantitative estimate of drug-likeness (QED) is 0.713. The molecule has 3 rings (SSSR count). The van der Waals surface area contributed by atoms with Crippen LogP contribution in [0.5, 0.6) is 0 Å². The maximum absolute atomic E-state index is 13.1. The SMILES string of the molecule is CC(Nc1nc2cc(F)ccc2s1)c1cccc(Cl)c1. The molecule has 2 aromatic carbocycles. The van der Waals surface area contributed by atoms with Gasteiger partial charge in [-0.3, -0.25) is 0 Å². The van der Waals surface area contributed by atoms with Crippen LogP contribution in [0.15, 0.2) is 42.5 Å². The highest BCUT2D eigenvalue weighted by Gasteiger charge is 2.10. The zero-order valence-corrected chi connectivity index (χ0v) is 12.3. The number of aromatic nitrogens is 1. The van der Waals surface area contributed by atoms with Crippen LogP contribution < -0.4 is 5.32 Å². The van der Waals surface area contributed by atoms with E-state index in [0.717, 1.165) is 15.4 Å².